The maximum atomic E-state index is 12.8. The van der Waals surface area contributed by atoms with Gasteiger partial charge in [-0.2, -0.15) is 0 Å². The number of hydrogen-bond donors (Lipinski definition) is 2. The zero-order chi connectivity index (χ0) is 23.9. The van der Waals surface area contributed by atoms with Crippen LogP contribution in [0.25, 0.3) is 21.9 Å². The number of furan rings is 1. The lowest BCUT2D eigenvalue weighted by molar-refractivity contribution is -0.141. The maximum Gasteiger partial charge on any atom is 0.340 e. The van der Waals surface area contributed by atoms with E-state index in [1.54, 1.807) is 37.3 Å². The Morgan fingerprint density at radius 1 is 1.00 bits per heavy atom. The number of carbonyl (C=O) groups excluding carboxylic acids is 1. The normalized spacial score (nSPS) is 12.2. The zero-order valence-corrected chi connectivity index (χ0v) is 18.9. The average Bonchev–Trinajstić information content (AvgIpc) is 3.05. The van der Waals surface area contributed by atoms with E-state index < -0.39 is 23.5 Å². The van der Waals surface area contributed by atoms with Gasteiger partial charge in [0.15, 0.2) is 0 Å². The number of rotatable bonds is 6. The SMILES string of the molecule is Cc1oc2c(c(C)cc3oc(=O)c(CC(=O)NC(Cc4ccccc4)C(=O)O)c(C)c32)c1C. The van der Waals surface area contributed by atoms with Gasteiger partial charge in [0.05, 0.1) is 17.4 Å². The van der Waals surface area contributed by atoms with Crippen LogP contribution in [-0.4, -0.2) is 23.0 Å². The fourth-order valence-corrected chi connectivity index (χ4v) is 4.29. The van der Waals surface area contributed by atoms with Gasteiger partial charge < -0.3 is 19.3 Å². The fourth-order valence-electron chi connectivity index (χ4n) is 4.29. The standard InChI is InChI=1S/C26H25NO6/c1-13-10-20-23(24-22(13)14(2)16(4)32-24)15(3)18(26(31)33-20)12-21(28)27-19(25(29)30)11-17-8-6-5-7-9-17/h5-10,19H,11-12H2,1-4H3,(H,27,28)(H,29,30). The van der Waals surface area contributed by atoms with Gasteiger partial charge in [0.2, 0.25) is 5.91 Å². The molecule has 4 aromatic rings. The van der Waals surface area contributed by atoms with Gasteiger partial charge in [-0.15, -0.1) is 0 Å². The van der Waals surface area contributed by atoms with Gasteiger partial charge >= 0.3 is 11.6 Å². The molecule has 0 radical (unpaired) electrons. The third-order valence-electron chi connectivity index (χ3n) is 6.13. The highest BCUT2D eigenvalue weighted by Gasteiger charge is 2.24. The predicted octanol–water partition coefficient (Wildman–Crippen LogP) is 4.13. The Hall–Kier alpha value is -3.87. The van der Waals surface area contributed by atoms with E-state index in [4.69, 9.17) is 8.83 Å². The lowest BCUT2D eigenvalue weighted by Crippen LogP contribution is -2.43. The molecule has 1 atom stereocenters. The smallest absolute Gasteiger partial charge is 0.340 e. The Balaban J connectivity index is 1.69. The summed E-state index contributed by atoms with van der Waals surface area (Å²) in [6.45, 7) is 7.53. The van der Waals surface area contributed by atoms with Crippen molar-refractivity contribution in [3.05, 3.63) is 80.4 Å². The van der Waals surface area contributed by atoms with E-state index in [0.29, 0.717) is 22.1 Å². The molecule has 1 unspecified atom stereocenters. The topological polar surface area (TPSA) is 110 Å². The highest BCUT2D eigenvalue weighted by molar-refractivity contribution is 6.07. The minimum absolute atomic E-state index is 0.137. The number of nitrogens with one attached hydrogen (secondary N) is 1. The Morgan fingerprint density at radius 3 is 2.36 bits per heavy atom. The number of aryl methyl sites for hydroxylation is 4. The number of carboxylic acids is 1. The first-order valence-electron chi connectivity index (χ1n) is 10.7. The molecule has 2 heterocycles. The van der Waals surface area contributed by atoms with E-state index in [0.717, 1.165) is 27.8 Å². The molecule has 33 heavy (non-hydrogen) atoms. The minimum Gasteiger partial charge on any atom is -0.480 e. The first-order valence-corrected chi connectivity index (χ1v) is 10.7. The zero-order valence-electron chi connectivity index (χ0n) is 18.9. The minimum atomic E-state index is -1.15. The van der Waals surface area contributed by atoms with Crippen molar-refractivity contribution in [1.82, 2.24) is 5.32 Å². The van der Waals surface area contributed by atoms with Gasteiger partial charge in [-0.05, 0) is 56.0 Å². The van der Waals surface area contributed by atoms with Crippen molar-refractivity contribution in [3.63, 3.8) is 0 Å². The van der Waals surface area contributed by atoms with Crippen LogP contribution in [0.3, 0.4) is 0 Å². The number of aliphatic carboxylic acids is 1. The van der Waals surface area contributed by atoms with E-state index in [1.165, 1.54) is 0 Å². The van der Waals surface area contributed by atoms with Crippen LogP contribution >= 0.6 is 0 Å². The molecule has 0 bridgehead atoms. The summed E-state index contributed by atoms with van der Waals surface area (Å²) in [5, 5.41) is 13.7. The van der Waals surface area contributed by atoms with E-state index >= 15 is 0 Å². The number of benzene rings is 2. The van der Waals surface area contributed by atoms with E-state index in [9.17, 15) is 19.5 Å². The highest BCUT2D eigenvalue weighted by Crippen LogP contribution is 2.36. The van der Waals surface area contributed by atoms with Crippen molar-refractivity contribution in [2.45, 2.75) is 46.6 Å². The Labute approximate surface area is 190 Å². The Bertz CT molecular complexity index is 1450. The molecule has 2 aromatic carbocycles. The number of fused-ring (bicyclic) bond motifs is 3. The monoisotopic (exact) mass is 447 g/mol. The summed E-state index contributed by atoms with van der Waals surface area (Å²) in [5.74, 6) is -0.938. The van der Waals surface area contributed by atoms with Crippen molar-refractivity contribution in [1.29, 1.82) is 0 Å². The number of amides is 1. The molecular formula is C26H25NO6. The van der Waals surface area contributed by atoms with Crippen LogP contribution in [0, 0.1) is 27.7 Å². The maximum absolute atomic E-state index is 12.8. The van der Waals surface area contributed by atoms with Gasteiger partial charge in [0, 0.05) is 11.8 Å². The first kappa shape index (κ1) is 22.3. The molecule has 1 amide bonds. The molecule has 2 aromatic heterocycles. The summed E-state index contributed by atoms with van der Waals surface area (Å²) in [6, 6.07) is 9.73. The third kappa shape index (κ3) is 4.14. The second kappa shape index (κ2) is 8.58. The fraction of sp³-hybridized carbons (Fsp3) is 0.269. The van der Waals surface area contributed by atoms with Crippen LogP contribution in [0.1, 0.15) is 33.6 Å². The average molecular weight is 447 g/mol. The molecule has 0 saturated heterocycles. The van der Waals surface area contributed by atoms with Gasteiger partial charge in [0.1, 0.15) is 23.0 Å². The van der Waals surface area contributed by atoms with Crippen molar-refractivity contribution < 1.29 is 23.5 Å². The molecule has 0 spiro atoms. The largest absolute Gasteiger partial charge is 0.480 e. The lowest BCUT2D eigenvalue weighted by Gasteiger charge is -2.15. The van der Waals surface area contributed by atoms with Crippen molar-refractivity contribution in [2.24, 2.45) is 0 Å². The quantitative estimate of drug-likeness (QED) is 0.430. The summed E-state index contributed by atoms with van der Waals surface area (Å²) in [4.78, 5) is 37.2. The molecule has 0 aliphatic heterocycles. The third-order valence-corrected chi connectivity index (χ3v) is 6.13. The number of carbonyl (C=O) groups is 2. The van der Waals surface area contributed by atoms with Crippen LogP contribution in [0.4, 0.5) is 0 Å². The Kier molecular flexibility index (Phi) is 5.80. The molecule has 0 aliphatic rings. The van der Waals surface area contributed by atoms with E-state index in [1.807, 2.05) is 26.8 Å². The molecule has 7 heteroatoms. The molecule has 170 valence electrons. The van der Waals surface area contributed by atoms with E-state index in [-0.39, 0.29) is 18.4 Å². The molecule has 0 saturated carbocycles. The van der Waals surface area contributed by atoms with Gasteiger partial charge in [-0.1, -0.05) is 30.3 Å². The molecule has 0 aliphatic carbocycles. The molecule has 7 nitrogen and oxygen atoms in total. The van der Waals surface area contributed by atoms with Crippen LogP contribution in [-0.2, 0) is 22.4 Å². The van der Waals surface area contributed by atoms with Gasteiger partial charge in [-0.25, -0.2) is 9.59 Å². The van der Waals surface area contributed by atoms with Crippen LogP contribution in [0.2, 0.25) is 0 Å². The van der Waals surface area contributed by atoms with Crippen LogP contribution in [0.15, 0.2) is 50.0 Å². The summed E-state index contributed by atoms with van der Waals surface area (Å²) >= 11 is 0. The Morgan fingerprint density at radius 2 is 1.70 bits per heavy atom. The summed E-state index contributed by atoms with van der Waals surface area (Å²) in [5.41, 5.74) is 3.90. The lowest BCUT2D eigenvalue weighted by atomic mass is 9.98. The summed E-state index contributed by atoms with van der Waals surface area (Å²) in [7, 11) is 0. The summed E-state index contributed by atoms with van der Waals surface area (Å²) in [6.07, 6.45) is -0.158. The molecule has 4 rings (SSSR count). The summed E-state index contributed by atoms with van der Waals surface area (Å²) < 4.78 is 11.5. The predicted molar refractivity (Wildman–Crippen MR) is 125 cm³/mol. The molecular weight excluding hydrogens is 422 g/mol. The van der Waals surface area contributed by atoms with Crippen molar-refractivity contribution in [2.75, 3.05) is 0 Å². The highest BCUT2D eigenvalue weighted by atomic mass is 16.4. The van der Waals surface area contributed by atoms with Crippen molar-refractivity contribution >= 4 is 33.8 Å². The number of hydrogen-bond acceptors (Lipinski definition) is 5. The molecule has 0 fully saturated rings. The van der Waals surface area contributed by atoms with Gasteiger partial charge in [0.25, 0.3) is 0 Å². The van der Waals surface area contributed by atoms with Crippen molar-refractivity contribution in [3.8, 4) is 0 Å². The van der Waals surface area contributed by atoms with Crippen LogP contribution < -0.4 is 10.9 Å². The first-order chi connectivity index (χ1) is 15.7. The second-order valence-electron chi connectivity index (χ2n) is 8.37. The van der Waals surface area contributed by atoms with Crippen LogP contribution in [0.5, 0.6) is 0 Å². The van der Waals surface area contributed by atoms with Gasteiger partial charge in [-0.3, -0.25) is 4.79 Å². The number of carboxylic acid groups (broad SMARTS) is 1. The second-order valence-corrected chi connectivity index (χ2v) is 8.37. The molecule has 2 N–H and O–H groups in total. The van der Waals surface area contributed by atoms with E-state index in [2.05, 4.69) is 5.32 Å².